The highest BCUT2D eigenvalue weighted by atomic mass is 32.1. The molecule has 34 heavy (non-hydrogen) atoms. The fraction of sp³-hybridized carbons (Fsp3) is 0.391. The summed E-state index contributed by atoms with van der Waals surface area (Å²) in [4.78, 5) is 2.92. The van der Waals surface area contributed by atoms with E-state index < -0.39 is 29.1 Å². The third-order valence-electron chi connectivity index (χ3n) is 5.89. The molecule has 2 aliphatic heterocycles. The lowest BCUT2D eigenvalue weighted by Crippen LogP contribution is -2.47. The average molecular weight is 493 g/mol. The Kier molecular flexibility index (Phi) is 6.10. The Hall–Kier alpha value is -3.07. The van der Waals surface area contributed by atoms with Crippen LogP contribution in [0.15, 0.2) is 36.4 Å². The van der Waals surface area contributed by atoms with Crippen molar-refractivity contribution < 1.29 is 27.8 Å². The van der Waals surface area contributed by atoms with Crippen LogP contribution < -0.4 is 24.6 Å². The number of hydrogen-bond donors (Lipinski definition) is 2. The highest BCUT2D eigenvalue weighted by molar-refractivity contribution is 7.80. The van der Waals surface area contributed by atoms with Crippen LogP contribution in [0.4, 0.5) is 24.5 Å². The van der Waals surface area contributed by atoms with E-state index in [9.17, 15) is 18.3 Å². The molecule has 2 N–H and O–H groups in total. The molecule has 7 nitrogen and oxygen atoms in total. The summed E-state index contributed by atoms with van der Waals surface area (Å²) in [6, 6.07) is 10.0. The van der Waals surface area contributed by atoms with Crippen molar-refractivity contribution >= 4 is 28.7 Å². The predicted octanol–water partition coefficient (Wildman–Crippen LogP) is 3.64. The number of nitriles is 1. The molecule has 1 fully saturated rings. The monoisotopic (exact) mass is 492 g/mol. The second kappa shape index (κ2) is 8.61. The Labute approximate surface area is 200 Å². The van der Waals surface area contributed by atoms with Gasteiger partial charge < -0.3 is 24.8 Å². The molecule has 0 radical (unpaired) electrons. The minimum atomic E-state index is -4.73. The van der Waals surface area contributed by atoms with Crippen LogP contribution in [0.3, 0.4) is 0 Å². The number of hydrogen-bond acceptors (Lipinski definition) is 6. The summed E-state index contributed by atoms with van der Waals surface area (Å²) < 4.78 is 52.3. The molecule has 2 atom stereocenters. The number of nitrogens with zero attached hydrogens (tertiary/aromatic N) is 3. The molecule has 2 unspecified atom stereocenters. The van der Waals surface area contributed by atoms with Crippen LogP contribution in [0, 0.1) is 11.3 Å². The van der Waals surface area contributed by atoms with Gasteiger partial charge in [-0.2, -0.15) is 18.4 Å². The van der Waals surface area contributed by atoms with Gasteiger partial charge in [0, 0.05) is 24.0 Å². The number of likely N-dealkylation sites (N-methyl/N-ethyl adjacent to an activating group) is 1. The minimum absolute atomic E-state index is 0.0341. The zero-order valence-electron chi connectivity index (χ0n) is 18.7. The van der Waals surface area contributed by atoms with Crippen LogP contribution >= 0.6 is 12.2 Å². The van der Waals surface area contributed by atoms with Gasteiger partial charge in [0.2, 0.25) is 0 Å². The van der Waals surface area contributed by atoms with Gasteiger partial charge >= 0.3 is 6.18 Å². The van der Waals surface area contributed by atoms with Gasteiger partial charge in [-0.15, -0.1) is 0 Å². The van der Waals surface area contributed by atoms with E-state index in [-0.39, 0.29) is 16.9 Å². The van der Waals surface area contributed by atoms with Crippen LogP contribution in [-0.2, 0) is 6.18 Å². The van der Waals surface area contributed by atoms with Gasteiger partial charge in [-0.05, 0) is 63.4 Å². The third-order valence-corrected chi connectivity index (χ3v) is 6.27. The first-order chi connectivity index (χ1) is 16.0. The van der Waals surface area contributed by atoms with Crippen molar-refractivity contribution in [2.75, 3.05) is 30.0 Å². The van der Waals surface area contributed by atoms with E-state index in [1.54, 1.807) is 43.0 Å². The Morgan fingerprint density at radius 2 is 1.91 bits per heavy atom. The lowest BCUT2D eigenvalue weighted by atomic mass is 10.0. The summed E-state index contributed by atoms with van der Waals surface area (Å²) in [6.07, 6.45) is -6.13. The van der Waals surface area contributed by atoms with Gasteiger partial charge in [0.25, 0.3) is 0 Å². The number of fused-ring (bicyclic) bond motifs is 1. The maximum Gasteiger partial charge on any atom is 0.417 e. The number of benzene rings is 2. The topological polar surface area (TPSA) is 81.0 Å². The largest absolute Gasteiger partial charge is 0.486 e. The maximum absolute atomic E-state index is 13.5. The summed E-state index contributed by atoms with van der Waals surface area (Å²) in [5.74, 6) is 1.08. The number of rotatable bonds is 4. The lowest BCUT2D eigenvalue weighted by molar-refractivity contribution is -0.137. The molecule has 4 rings (SSSR count). The zero-order chi connectivity index (χ0) is 24.8. The summed E-state index contributed by atoms with van der Waals surface area (Å²) in [6.45, 7) is 4.44. The first-order valence-corrected chi connectivity index (χ1v) is 10.9. The smallest absolute Gasteiger partial charge is 0.417 e. The molecule has 0 aliphatic carbocycles. The Balaban J connectivity index is 1.70. The van der Waals surface area contributed by atoms with E-state index in [0.29, 0.717) is 30.3 Å². The van der Waals surface area contributed by atoms with Crippen LogP contribution in [0.2, 0.25) is 0 Å². The highest BCUT2D eigenvalue weighted by Gasteiger charge is 2.50. The number of ether oxygens (including phenoxy) is 2. The van der Waals surface area contributed by atoms with E-state index >= 15 is 0 Å². The highest BCUT2D eigenvalue weighted by Crippen LogP contribution is 2.43. The number of thiocarbonyl (C=S) groups is 1. The maximum atomic E-state index is 13.5. The van der Waals surface area contributed by atoms with Crippen LogP contribution in [0.25, 0.3) is 0 Å². The fourth-order valence-electron chi connectivity index (χ4n) is 4.17. The van der Waals surface area contributed by atoms with E-state index in [1.807, 2.05) is 7.05 Å². The SMILES string of the molecule is CNCC1COc2cc(N3C(=S)N(c4ccc(C#N)c(C(F)(F)F)c4)C(O)C3(C)C)ccc2O1. The summed E-state index contributed by atoms with van der Waals surface area (Å²) in [7, 11) is 1.82. The summed E-state index contributed by atoms with van der Waals surface area (Å²) in [5.41, 5.74) is -1.96. The number of aliphatic hydroxyl groups is 1. The third kappa shape index (κ3) is 4.02. The second-order valence-corrected chi connectivity index (χ2v) is 8.96. The number of aliphatic hydroxyl groups excluding tert-OH is 1. The van der Waals surface area contributed by atoms with Crippen molar-refractivity contribution in [2.24, 2.45) is 0 Å². The molecule has 0 aromatic heterocycles. The van der Waals surface area contributed by atoms with E-state index in [2.05, 4.69) is 5.32 Å². The van der Waals surface area contributed by atoms with Crippen molar-refractivity contribution in [1.29, 1.82) is 5.26 Å². The molecule has 11 heteroatoms. The quantitative estimate of drug-likeness (QED) is 0.627. The molecule has 1 saturated heterocycles. The van der Waals surface area contributed by atoms with Gasteiger partial charge in [0.05, 0.1) is 22.7 Å². The minimum Gasteiger partial charge on any atom is -0.486 e. The molecule has 2 aromatic carbocycles. The van der Waals surface area contributed by atoms with Crippen LogP contribution in [0.5, 0.6) is 11.5 Å². The van der Waals surface area contributed by atoms with Crippen molar-refractivity contribution in [3.63, 3.8) is 0 Å². The lowest BCUT2D eigenvalue weighted by Gasteiger charge is -2.34. The zero-order valence-corrected chi connectivity index (χ0v) is 19.5. The van der Waals surface area contributed by atoms with E-state index in [4.69, 9.17) is 27.0 Å². The molecule has 0 amide bonds. The number of halogens is 3. The Morgan fingerprint density at radius 1 is 1.21 bits per heavy atom. The molecule has 180 valence electrons. The molecule has 0 bridgehead atoms. The Bertz CT molecular complexity index is 1170. The molecular formula is C23H23F3N4O3S. The standard InChI is InChI=1S/C23H23F3N4O3S/c1-22(2)20(31)29(14-5-4-13(10-27)17(8-14)23(24,25)26)21(34)30(22)15-6-7-18-19(9-15)32-12-16(33-18)11-28-3/h4-9,16,20,28,31H,11-12H2,1-3H3. The predicted molar refractivity (Wildman–Crippen MR) is 124 cm³/mol. The van der Waals surface area contributed by atoms with E-state index in [1.165, 1.54) is 11.0 Å². The molecule has 0 saturated carbocycles. The summed E-state index contributed by atoms with van der Waals surface area (Å²) >= 11 is 5.62. The second-order valence-electron chi connectivity index (χ2n) is 8.59. The number of alkyl halides is 3. The normalized spacial score (nSPS) is 21.5. The molecule has 0 spiro atoms. The molecule has 2 heterocycles. The van der Waals surface area contributed by atoms with E-state index in [0.717, 1.165) is 12.1 Å². The first-order valence-electron chi connectivity index (χ1n) is 10.5. The van der Waals surface area contributed by atoms with Crippen molar-refractivity contribution in [3.8, 4) is 17.6 Å². The van der Waals surface area contributed by atoms with Gasteiger partial charge in [0.1, 0.15) is 12.7 Å². The molecule has 2 aromatic rings. The van der Waals surface area contributed by atoms with Gasteiger partial charge in [-0.3, -0.25) is 4.90 Å². The number of anilines is 2. The molecular weight excluding hydrogens is 469 g/mol. The van der Waals surface area contributed by atoms with Crippen molar-refractivity contribution in [2.45, 2.75) is 37.9 Å². The van der Waals surface area contributed by atoms with Crippen molar-refractivity contribution in [1.82, 2.24) is 5.32 Å². The average Bonchev–Trinajstić information content (AvgIpc) is 2.96. The van der Waals surface area contributed by atoms with Gasteiger partial charge in [-0.1, -0.05) is 0 Å². The van der Waals surface area contributed by atoms with Gasteiger partial charge in [0.15, 0.2) is 22.8 Å². The van der Waals surface area contributed by atoms with Crippen molar-refractivity contribution in [3.05, 3.63) is 47.5 Å². The fourth-order valence-corrected chi connectivity index (χ4v) is 4.72. The number of nitrogens with one attached hydrogen (secondary N) is 1. The molecule has 2 aliphatic rings. The van der Waals surface area contributed by atoms with Crippen LogP contribution in [0.1, 0.15) is 25.0 Å². The summed E-state index contributed by atoms with van der Waals surface area (Å²) in [5, 5.41) is 23.3. The van der Waals surface area contributed by atoms with Crippen LogP contribution in [-0.4, -0.2) is 48.3 Å². The van der Waals surface area contributed by atoms with Gasteiger partial charge in [-0.25, -0.2) is 0 Å². The first kappa shape index (κ1) is 24.1. The Morgan fingerprint density at radius 3 is 2.56 bits per heavy atom.